The van der Waals surface area contributed by atoms with Crippen LogP contribution >= 0.6 is 0 Å². The first-order valence-electron chi connectivity index (χ1n) is 10.6. The second kappa shape index (κ2) is 10.0. The number of piperidine rings is 1. The van der Waals surface area contributed by atoms with E-state index in [4.69, 9.17) is 0 Å². The molecule has 28 heavy (non-hydrogen) atoms. The fraction of sp³-hybridized carbons (Fsp3) is 0.682. The van der Waals surface area contributed by atoms with Crippen molar-refractivity contribution in [1.82, 2.24) is 9.80 Å². The summed E-state index contributed by atoms with van der Waals surface area (Å²) in [5, 5.41) is 0. The van der Waals surface area contributed by atoms with Gasteiger partial charge in [-0.3, -0.25) is 19.3 Å². The second-order valence-corrected chi connectivity index (χ2v) is 8.11. The summed E-state index contributed by atoms with van der Waals surface area (Å²) in [6, 6.07) is 0. The van der Waals surface area contributed by atoms with Crippen molar-refractivity contribution in [3.05, 3.63) is 24.3 Å². The van der Waals surface area contributed by atoms with Gasteiger partial charge in [0.25, 0.3) is 0 Å². The van der Waals surface area contributed by atoms with Crippen molar-refractivity contribution in [1.29, 1.82) is 0 Å². The lowest BCUT2D eigenvalue weighted by molar-refractivity contribution is -0.141. The molecule has 0 saturated carbocycles. The summed E-state index contributed by atoms with van der Waals surface area (Å²) in [4.78, 5) is 39.9. The number of likely N-dealkylation sites (tertiary alicyclic amines) is 2. The van der Waals surface area contributed by atoms with Crippen LogP contribution in [0.1, 0.15) is 44.9 Å². The van der Waals surface area contributed by atoms with Gasteiger partial charge in [0, 0.05) is 13.0 Å². The highest BCUT2D eigenvalue weighted by Crippen LogP contribution is 2.31. The maximum absolute atomic E-state index is 12.4. The second-order valence-electron chi connectivity index (χ2n) is 8.11. The molecule has 0 aromatic heterocycles. The number of ether oxygens (including phenoxy) is 1. The average Bonchev–Trinajstić information content (AvgIpc) is 2.97. The van der Waals surface area contributed by atoms with E-state index in [9.17, 15) is 14.4 Å². The fourth-order valence-corrected chi connectivity index (χ4v) is 4.51. The molecule has 0 aromatic carbocycles. The number of esters is 1. The highest BCUT2D eigenvalue weighted by molar-refractivity contribution is 6.07. The van der Waals surface area contributed by atoms with Gasteiger partial charge in [0.05, 0.1) is 18.9 Å². The molecule has 6 nitrogen and oxygen atoms in total. The van der Waals surface area contributed by atoms with Crippen LogP contribution < -0.4 is 0 Å². The lowest BCUT2D eigenvalue weighted by atomic mass is 9.91. The van der Waals surface area contributed by atoms with Crippen LogP contribution in [0.2, 0.25) is 0 Å². The van der Waals surface area contributed by atoms with Crippen LogP contribution in [0.5, 0.6) is 0 Å². The van der Waals surface area contributed by atoms with Crippen LogP contribution in [-0.2, 0) is 19.1 Å². The lowest BCUT2D eigenvalue weighted by Crippen LogP contribution is -2.35. The molecule has 2 aliphatic heterocycles. The number of imide groups is 1. The summed E-state index contributed by atoms with van der Waals surface area (Å²) in [5.41, 5.74) is 0. The van der Waals surface area contributed by atoms with E-state index in [1.165, 1.54) is 24.9 Å². The van der Waals surface area contributed by atoms with Crippen molar-refractivity contribution in [2.45, 2.75) is 44.9 Å². The molecule has 0 spiro atoms. The molecule has 2 heterocycles. The number of hydrogen-bond donors (Lipinski definition) is 0. The van der Waals surface area contributed by atoms with Gasteiger partial charge in [-0.05, 0) is 64.1 Å². The van der Waals surface area contributed by atoms with Gasteiger partial charge in [0.2, 0.25) is 11.8 Å². The van der Waals surface area contributed by atoms with Crippen molar-refractivity contribution < 1.29 is 19.1 Å². The topological polar surface area (TPSA) is 66.9 Å². The summed E-state index contributed by atoms with van der Waals surface area (Å²) >= 11 is 0. The molecule has 3 rings (SSSR count). The third-order valence-electron chi connectivity index (χ3n) is 6.27. The first kappa shape index (κ1) is 20.8. The van der Waals surface area contributed by atoms with Gasteiger partial charge in [-0.25, -0.2) is 0 Å². The van der Waals surface area contributed by atoms with E-state index in [1.807, 2.05) is 24.3 Å². The van der Waals surface area contributed by atoms with Gasteiger partial charge in [-0.1, -0.05) is 24.3 Å². The van der Waals surface area contributed by atoms with Gasteiger partial charge in [-0.15, -0.1) is 0 Å². The van der Waals surface area contributed by atoms with Crippen molar-refractivity contribution in [2.24, 2.45) is 17.8 Å². The van der Waals surface area contributed by atoms with Gasteiger partial charge < -0.3 is 9.64 Å². The molecule has 0 N–H and O–H groups in total. The zero-order valence-electron chi connectivity index (χ0n) is 16.8. The molecular weight excluding hydrogens is 356 g/mol. The first-order valence-corrected chi connectivity index (χ1v) is 10.6. The molecule has 0 radical (unpaired) electrons. The smallest absolute Gasteiger partial charge is 0.305 e. The Morgan fingerprint density at radius 1 is 1.00 bits per heavy atom. The maximum atomic E-state index is 12.4. The number of allylic oxidation sites excluding steroid dienone is 2. The van der Waals surface area contributed by atoms with Crippen LogP contribution in [-0.4, -0.2) is 60.9 Å². The molecule has 1 aliphatic carbocycles. The molecule has 2 fully saturated rings. The normalized spacial score (nSPS) is 25.4. The van der Waals surface area contributed by atoms with Crippen molar-refractivity contribution >= 4 is 17.8 Å². The van der Waals surface area contributed by atoms with Crippen LogP contribution in [0.15, 0.2) is 24.3 Å². The van der Waals surface area contributed by atoms with Gasteiger partial charge in [0.1, 0.15) is 0 Å². The molecule has 2 atom stereocenters. The number of hydrogen-bond acceptors (Lipinski definition) is 5. The number of fused-ring (bicyclic) bond motifs is 1. The highest BCUT2D eigenvalue weighted by atomic mass is 16.5. The molecule has 3 aliphatic rings. The van der Waals surface area contributed by atoms with E-state index in [-0.39, 0.29) is 29.6 Å². The Labute approximate surface area is 167 Å². The third kappa shape index (κ3) is 5.10. The predicted molar refractivity (Wildman–Crippen MR) is 106 cm³/mol. The Morgan fingerprint density at radius 2 is 1.61 bits per heavy atom. The predicted octanol–water partition coefficient (Wildman–Crippen LogP) is 2.55. The number of rotatable bonds is 9. The summed E-state index contributed by atoms with van der Waals surface area (Å²) in [7, 11) is 1.44. The van der Waals surface area contributed by atoms with E-state index < -0.39 is 0 Å². The SMILES string of the molecule is COC(=O)CCCC1CCN(CCCCN2C(=O)C3C=CC=CC3C2=O)CC1. The Morgan fingerprint density at radius 3 is 2.21 bits per heavy atom. The van der Waals surface area contributed by atoms with Crippen LogP contribution in [0.3, 0.4) is 0 Å². The van der Waals surface area contributed by atoms with Crippen LogP contribution in [0, 0.1) is 17.8 Å². The number of methoxy groups -OCH3 is 1. The number of amides is 2. The number of carbonyl (C=O) groups excluding carboxylic acids is 3. The minimum absolute atomic E-state index is 0.0385. The van der Waals surface area contributed by atoms with E-state index in [2.05, 4.69) is 9.64 Å². The molecule has 154 valence electrons. The van der Waals surface area contributed by atoms with Crippen molar-refractivity contribution in [3.63, 3.8) is 0 Å². The van der Waals surface area contributed by atoms with E-state index in [0.29, 0.717) is 18.9 Å². The van der Waals surface area contributed by atoms with E-state index in [0.717, 1.165) is 45.3 Å². The Kier molecular flexibility index (Phi) is 7.43. The first-order chi connectivity index (χ1) is 13.6. The summed E-state index contributed by atoms with van der Waals surface area (Å²) < 4.78 is 4.69. The molecule has 2 amide bonds. The highest BCUT2D eigenvalue weighted by Gasteiger charge is 2.45. The maximum Gasteiger partial charge on any atom is 0.305 e. The quantitative estimate of drug-likeness (QED) is 0.345. The zero-order chi connectivity index (χ0) is 19.9. The van der Waals surface area contributed by atoms with Gasteiger partial charge >= 0.3 is 5.97 Å². The Hall–Kier alpha value is -1.95. The minimum atomic E-state index is -0.282. The van der Waals surface area contributed by atoms with Crippen molar-refractivity contribution in [3.8, 4) is 0 Å². The summed E-state index contributed by atoms with van der Waals surface area (Å²) in [6.07, 6.45) is 14.2. The molecule has 6 heteroatoms. The van der Waals surface area contributed by atoms with Crippen LogP contribution in [0.25, 0.3) is 0 Å². The fourth-order valence-electron chi connectivity index (χ4n) is 4.51. The summed E-state index contributed by atoms with van der Waals surface area (Å²) in [6.45, 7) is 3.77. The lowest BCUT2D eigenvalue weighted by Gasteiger charge is -2.32. The van der Waals surface area contributed by atoms with Crippen LogP contribution in [0.4, 0.5) is 0 Å². The average molecular weight is 389 g/mol. The molecule has 0 aromatic rings. The number of nitrogens with zero attached hydrogens (tertiary/aromatic N) is 2. The zero-order valence-corrected chi connectivity index (χ0v) is 16.8. The molecule has 0 bridgehead atoms. The monoisotopic (exact) mass is 388 g/mol. The number of unbranched alkanes of at least 4 members (excludes halogenated alkanes) is 1. The third-order valence-corrected chi connectivity index (χ3v) is 6.27. The van der Waals surface area contributed by atoms with Gasteiger partial charge in [-0.2, -0.15) is 0 Å². The number of carbonyl (C=O) groups is 3. The van der Waals surface area contributed by atoms with Crippen molar-refractivity contribution in [2.75, 3.05) is 33.3 Å². The Balaban J connectivity index is 1.29. The molecular formula is C22H32N2O4. The van der Waals surface area contributed by atoms with Gasteiger partial charge in [0.15, 0.2) is 0 Å². The largest absolute Gasteiger partial charge is 0.469 e. The standard InChI is InChI=1S/C22H32N2O4/c1-28-20(25)10-6-7-17-11-15-23(16-12-17)13-4-5-14-24-21(26)18-8-2-3-9-19(18)22(24)27/h2-3,8-9,17-19H,4-7,10-16H2,1H3. The molecule has 2 unspecified atom stereocenters. The minimum Gasteiger partial charge on any atom is -0.469 e. The van der Waals surface area contributed by atoms with E-state index in [1.54, 1.807) is 0 Å². The summed E-state index contributed by atoms with van der Waals surface area (Å²) in [5.74, 6) is -0.0398. The Bertz CT molecular complexity index is 604. The van der Waals surface area contributed by atoms with E-state index >= 15 is 0 Å². The molecule has 2 saturated heterocycles.